The van der Waals surface area contributed by atoms with Gasteiger partial charge in [0.2, 0.25) is 5.91 Å². The highest BCUT2D eigenvalue weighted by Gasteiger charge is 2.19. The standard InChI is InChI=1S/C10H13N3O4/c1-6(14)13(3-2-11)10(17)7-4-8(15)12-9(16)5-7/h4-5H,2-3,11H2,1H3,(H2,12,15,16). The van der Waals surface area contributed by atoms with Gasteiger partial charge in [-0.2, -0.15) is 0 Å². The molecule has 0 aliphatic carbocycles. The highest BCUT2D eigenvalue weighted by Crippen LogP contribution is 2.08. The third-order valence-electron chi connectivity index (χ3n) is 2.06. The minimum absolute atomic E-state index is 0.0573. The van der Waals surface area contributed by atoms with E-state index in [1.807, 2.05) is 0 Å². The Kier molecular flexibility index (Phi) is 4.00. The maximum atomic E-state index is 11.9. The predicted octanol–water partition coefficient (Wildman–Crippen LogP) is -0.972. The van der Waals surface area contributed by atoms with Crippen molar-refractivity contribution in [2.75, 3.05) is 13.1 Å². The number of hydrogen-bond acceptors (Lipinski definition) is 5. The van der Waals surface area contributed by atoms with Crippen LogP contribution in [-0.4, -0.2) is 39.9 Å². The molecule has 0 aliphatic heterocycles. The molecule has 0 bridgehead atoms. The molecule has 7 heteroatoms. The van der Waals surface area contributed by atoms with Gasteiger partial charge in [-0.15, -0.1) is 0 Å². The molecule has 0 spiro atoms. The van der Waals surface area contributed by atoms with E-state index in [1.165, 1.54) is 6.92 Å². The second-order valence-corrected chi connectivity index (χ2v) is 3.38. The molecular formula is C10H13N3O4. The van der Waals surface area contributed by atoms with Crippen molar-refractivity contribution in [2.24, 2.45) is 5.73 Å². The summed E-state index contributed by atoms with van der Waals surface area (Å²) in [7, 11) is 0. The van der Waals surface area contributed by atoms with Crippen molar-refractivity contribution < 1.29 is 14.7 Å². The predicted molar refractivity (Wildman–Crippen MR) is 59.5 cm³/mol. The van der Waals surface area contributed by atoms with Gasteiger partial charge in [0.15, 0.2) is 5.88 Å². The van der Waals surface area contributed by atoms with Crippen LogP contribution < -0.4 is 11.3 Å². The number of hydrogen-bond donors (Lipinski definition) is 3. The van der Waals surface area contributed by atoms with Crippen molar-refractivity contribution in [1.29, 1.82) is 0 Å². The van der Waals surface area contributed by atoms with Crippen molar-refractivity contribution in [3.05, 3.63) is 28.0 Å². The maximum absolute atomic E-state index is 11.9. The third-order valence-corrected chi connectivity index (χ3v) is 2.06. The topological polar surface area (TPSA) is 116 Å². The highest BCUT2D eigenvalue weighted by molar-refractivity contribution is 6.04. The number of H-pyrrole nitrogens is 1. The van der Waals surface area contributed by atoms with Gasteiger partial charge in [-0.25, -0.2) is 0 Å². The maximum Gasteiger partial charge on any atom is 0.260 e. The van der Waals surface area contributed by atoms with Gasteiger partial charge in [-0.1, -0.05) is 0 Å². The minimum atomic E-state index is -0.663. The first kappa shape index (κ1) is 12.9. The Hall–Kier alpha value is -2.15. The van der Waals surface area contributed by atoms with E-state index in [9.17, 15) is 14.4 Å². The number of imide groups is 1. The lowest BCUT2D eigenvalue weighted by molar-refractivity contribution is -0.126. The molecule has 1 heterocycles. The molecule has 4 N–H and O–H groups in total. The summed E-state index contributed by atoms with van der Waals surface area (Å²) in [6.07, 6.45) is 0. The molecule has 17 heavy (non-hydrogen) atoms. The van der Waals surface area contributed by atoms with Crippen molar-refractivity contribution in [2.45, 2.75) is 6.92 Å². The number of nitrogens with two attached hydrogens (primary N) is 1. The Labute approximate surface area is 96.9 Å². The first-order valence-electron chi connectivity index (χ1n) is 4.91. The first-order valence-corrected chi connectivity index (χ1v) is 4.91. The number of aromatic hydroxyl groups is 1. The van der Waals surface area contributed by atoms with Gasteiger partial charge < -0.3 is 10.8 Å². The molecule has 0 fully saturated rings. The van der Waals surface area contributed by atoms with Crippen LogP contribution in [-0.2, 0) is 4.79 Å². The summed E-state index contributed by atoms with van der Waals surface area (Å²) in [5.41, 5.74) is 4.60. The van der Waals surface area contributed by atoms with Gasteiger partial charge in [0, 0.05) is 32.1 Å². The van der Waals surface area contributed by atoms with Crippen LogP contribution in [0.3, 0.4) is 0 Å². The van der Waals surface area contributed by atoms with Crippen LogP contribution in [0.2, 0.25) is 0 Å². The molecule has 92 valence electrons. The number of nitrogens with one attached hydrogen (secondary N) is 1. The van der Waals surface area contributed by atoms with Crippen LogP contribution in [0.1, 0.15) is 17.3 Å². The number of carbonyl (C=O) groups is 2. The molecule has 0 saturated carbocycles. The molecule has 0 radical (unpaired) electrons. The highest BCUT2D eigenvalue weighted by atomic mass is 16.3. The molecule has 0 unspecified atom stereocenters. The normalized spacial score (nSPS) is 10.0. The second-order valence-electron chi connectivity index (χ2n) is 3.38. The largest absolute Gasteiger partial charge is 0.494 e. The van der Waals surface area contributed by atoms with E-state index in [0.717, 1.165) is 17.0 Å². The fraction of sp³-hybridized carbons (Fsp3) is 0.300. The summed E-state index contributed by atoms with van der Waals surface area (Å²) in [5.74, 6) is -1.57. The molecule has 0 aromatic carbocycles. The summed E-state index contributed by atoms with van der Waals surface area (Å²) in [4.78, 5) is 37.2. The monoisotopic (exact) mass is 239 g/mol. The number of rotatable bonds is 3. The Balaban J connectivity index is 3.09. The van der Waals surface area contributed by atoms with E-state index >= 15 is 0 Å². The van der Waals surface area contributed by atoms with E-state index in [0.29, 0.717) is 0 Å². The number of aromatic nitrogens is 1. The molecule has 0 atom stereocenters. The number of nitrogens with zero attached hydrogens (tertiary/aromatic N) is 1. The second kappa shape index (κ2) is 5.26. The van der Waals surface area contributed by atoms with Gasteiger partial charge in [0.25, 0.3) is 11.5 Å². The van der Waals surface area contributed by atoms with E-state index in [1.54, 1.807) is 0 Å². The van der Waals surface area contributed by atoms with Gasteiger partial charge in [0.1, 0.15) is 0 Å². The zero-order valence-electron chi connectivity index (χ0n) is 9.27. The number of pyridine rings is 1. The van der Waals surface area contributed by atoms with E-state index in [2.05, 4.69) is 4.98 Å². The van der Waals surface area contributed by atoms with Gasteiger partial charge >= 0.3 is 0 Å². The Morgan fingerprint density at radius 1 is 1.47 bits per heavy atom. The smallest absolute Gasteiger partial charge is 0.260 e. The Bertz CT molecular complexity index is 495. The number of aromatic amines is 1. The van der Waals surface area contributed by atoms with Crippen LogP contribution in [0.5, 0.6) is 5.88 Å². The zero-order chi connectivity index (χ0) is 13.0. The summed E-state index contributed by atoms with van der Waals surface area (Å²) in [5, 5.41) is 9.16. The molecule has 0 saturated heterocycles. The van der Waals surface area contributed by atoms with Crippen LogP contribution in [0, 0.1) is 0 Å². The van der Waals surface area contributed by atoms with E-state index < -0.39 is 23.3 Å². The van der Waals surface area contributed by atoms with Gasteiger partial charge in [0.05, 0.1) is 5.56 Å². The summed E-state index contributed by atoms with van der Waals surface area (Å²) < 4.78 is 0. The van der Waals surface area contributed by atoms with Crippen molar-refractivity contribution in [3.63, 3.8) is 0 Å². The third kappa shape index (κ3) is 3.15. The van der Waals surface area contributed by atoms with Gasteiger partial charge in [-0.3, -0.25) is 24.3 Å². The summed E-state index contributed by atoms with van der Waals surface area (Å²) >= 11 is 0. The van der Waals surface area contributed by atoms with Gasteiger partial charge in [-0.05, 0) is 0 Å². The van der Waals surface area contributed by atoms with E-state index in [4.69, 9.17) is 10.8 Å². The summed E-state index contributed by atoms with van der Waals surface area (Å²) in [6.45, 7) is 1.41. The van der Waals surface area contributed by atoms with Crippen molar-refractivity contribution in [3.8, 4) is 5.88 Å². The molecule has 2 amide bonds. The average Bonchev–Trinajstić information content (AvgIpc) is 2.23. The lowest BCUT2D eigenvalue weighted by Gasteiger charge is -2.17. The molecule has 1 aromatic heterocycles. The molecule has 0 aliphatic rings. The van der Waals surface area contributed by atoms with Crippen LogP contribution >= 0.6 is 0 Å². The van der Waals surface area contributed by atoms with Crippen molar-refractivity contribution in [1.82, 2.24) is 9.88 Å². The van der Waals surface area contributed by atoms with Crippen LogP contribution in [0.4, 0.5) is 0 Å². The molecule has 7 nitrogen and oxygen atoms in total. The fourth-order valence-corrected chi connectivity index (χ4v) is 1.34. The summed E-state index contributed by atoms with van der Waals surface area (Å²) in [6, 6.07) is 2.09. The number of carbonyl (C=O) groups excluding carboxylic acids is 2. The Morgan fingerprint density at radius 2 is 2.12 bits per heavy atom. The lowest BCUT2D eigenvalue weighted by atomic mass is 10.2. The van der Waals surface area contributed by atoms with Crippen molar-refractivity contribution >= 4 is 11.8 Å². The molecule has 1 aromatic rings. The molecule has 1 rings (SSSR count). The van der Waals surface area contributed by atoms with E-state index in [-0.39, 0.29) is 18.7 Å². The SMILES string of the molecule is CC(=O)N(CCN)C(=O)c1cc(O)[nH]c(=O)c1. The average molecular weight is 239 g/mol. The van der Waals surface area contributed by atoms with Crippen LogP contribution in [0.25, 0.3) is 0 Å². The first-order chi connectivity index (χ1) is 7.95. The zero-order valence-corrected chi connectivity index (χ0v) is 9.27. The quantitative estimate of drug-likeness (QED) is 0.627. The number of amides is 2. The fourth-order valence-electron chi connectivity index (χ4n) is 1.34. The van der Waals surface area contributed by atoms with Crippen LogP contribution in [0.15, 0.2) is 16.9 Å². The lowest BCUT2D eigenvalue weighted by Crippen LogP contribution is -2.39. The minimum Gasteiger partial charge on any atom is -0.494 e. The Morgan fingerprint density at radius 3 is 2.59 bits per heavy atom. The molecular weight excluding hydrogens is 226 g/mol.